The topological polar surface area (TPSA) is 29.5 Å². The van der Waals surface area contributed by atoms with Gasteiger partial charge in [-0.3, -0.25) is 0 Å². The van der Waals surface area contributed by atoms with Crippen LogP contribution in [0.1, 0.15) is 37.7 Å². The van der Waals surface area contributed by atoms with Gasteiger partial charge in [0.15, 0.2) is 0 Å². The molecule has 100 valence electrons. The van der Waals surface area contributed by atoms with E-state index in [1.807, 2.05) is 25.1 Å². The molecule has 2 rings (SSSR count). The Hall–Kier alpha value is -0.730. The van der Waals surface area contributed by atoms with E-state index in [4.69, 9.17) is 16.3 Å². The summed E-state index contributed by atoms with van der Waals surface area (Å²) in [5.41, 5.74) is 0.999. The van der Waals surface area contributed by atoms with E-state index in [0.717, 1.165) is 22.8 Å². The summed E-state index contributed by atoms with van der Waals surface area (Å²) in [4.78, 5) is 0. The summed E-state index contributed by atoms with van der Waals surface area (Å²) in [5.74, 6) is 1.47. The van der Waals surface area contributed by atoms with Crippen LogP contribution in [0.15, 0.2) is 18.2 Å². The van der Waals surface area contributed by atoms with Crippen molar-refractivity contribution in [2.24, 2.45) is 5.92 Å². The number of ether oxygens (including phenoxy) is 1. The first-order valence-electron chi connectivity index (χ1n) is 6.72. The Balaban J connectivity index is 1.77. The van der Waals surface area contributed by atoms with Gasteiger partial charge in [-0.2, -0.15) is 0 Å². The van der Waals surface area contributed by atoms with E-state index in [1.54, 1.807) is 0 Å². The lowest BCUT2D eigenvalue weighted by atomic mass is 10.0. The predicted molar refractivity (Wildman–Crippen MR) is 74.3 cm³/mol. The first-order valence-corrected chi connectivity index (χ1v) is 7.10. The van der Waals surface area contributed by atoms with Crippen molar-refractivity contribution in [3.8, 4) is 5.75 Å². The third-order valence-corrected chi connectivity index (χ3v) is 4.08. The molecule has 0 amide bonds. The Bertz CT molecular complexity index is 386. The molecule has 1 aliphatic carbocycles. The minimum atomic E-state index is -0.357. The number of aryl methyl sites for hydroxylation is 1. The van der Waals surface area contributed by atoms with Crippen molar-refractivity contribution in [3.05, 3.63) is 28.8 Å². The molecule has 0 radical (unpaired) electrons. The Labute approximate surface area is 114 Å². The van der Waals surface area contributed by atoms with Gasteiger partial charge in [0.05, 0.1) is 6.10 Å². The monoisotopic (exact) mass is 268 g/mol. The lowest BCUT2D eigenvalue weighted by Gasteiger charge is -2.16. The number of aliphatic hydroxyl groups excluding tert-OH is 1. The van der Waals surface area contributed by atoms with Crippen molar-refractivity contribution in [3.63, 3.8) is 0 Å². The Morgan fingerprint density at radius 2 is 2.11 bits per heavy atom. The molecule has 0 aliphatic heterocycles. The summed E-state index contributed by atoms with van der Waals surface area (Å²) in [6, 6.07) is 5.58. The smallest absolute Gasteiger partial charge is 0.119 e. The van der Waals surface area contributed by atoms with Gasteiger partial charge in [-0.05, 0) is 43.0 Å². The van der Waals surface area contributed by atoms with Gasteiger partial charge in [-0.25, -0.2) is 0 Å². The molecule has 1 N–H and O–H groups in total. The lowest BCUT2D eigenvalue weighted by molar-refractivity contribution is 0.0855. The molecule has 1 aromatic carbocycles. The quantitative estimate of drug-likeness (QED) is 0.876. The normalized spacial score (nSPS) is 17.9. The van der Waals surface area contributed by atoms with Crippen molar-refractivity contribution in [2.75, 3.05) is 6.61 Å². The highest BCUT2D eigenvalue weighted by Crippen LogP contribution is 2.29. The van der Waals surface area contributed by atoms with E-state index >= 15 is 0 Å². The predicted octanol–water partition coefficient (Wildman–Crippen LogP) is 3.97. The van der Waals surface area contributed by atoms with Crippen LogP contribution in [0.3, 0.4) is 0 Å². The summed E-state index contributed by atoms with van der Waals surface area (Å²) in [5, 5.41) is 10.7. The van der Waals surface area contributed by atoms with Crippen molar-refractivity contribution < 1.29 is 9.84 Å². The van der Waals surface area contributed by atoms with Crippen LogP contribution in [-0.2, 0) is 0 Å². The molecular weight excluding hydrogens is 248 g/mol. The van der Waals surface area contributed by atoms with Crippen LogP contribution >= 0.6 is 11.6 Å². The molecule has 1 saturated carbocycles. The maximum atomic E-state index is 9.94. The first kappa shape index (κ1) is 13.7. The molecule has 0 bridgehead atoms. The molecule has 0 saturated heterocycles. The number of aliphatic hydroxyl groups is 1. The summed E-state index contributed by atoms with van der Waals surface area (Å²) in [7, 11) is 0. The van der Waals surface area contributed by atoms with Crippen LogP contribution in [0.5, 0.6) is 5.75 Å². The van der Waals surface area contributed by atoms with Gasteiger partial charge in [-0.1, -0.05) is 37.3 Å². The van der Waals surface area contributed by atoms with Gasteiger partial charge in [0, 0.05) is 5.02 Å². The Kier molecular flexibility index (Phi) is 4.90. The fraction of sp³-hybridized carbons (Fsp3) is 0.600. The van der Waals surface area contributed by atoms with Crippen molar-refractivity contribution in [1.29, 1.82) is 0 Å². The number of hydrogen-bond acceptors (Lipinski definition) is 2. The minimum absolute atomic E-state index is 0.357. The van der Waals surface area contributed by atoms with Crippen molar-refractivity contribution >= 4 is 11.6 Å². The zero-order valence-corrected chi connectivity index (χ0v) is 11.6. The second-order valence-corrected chi connectivity index (χ2v) is 5.67. The summed E-state index contributed by atoms with van der Waals surface area (Å²) >= 11 is 5.95. The maximum Gasteiger partial charge on any atom is 0.119 e. The van der Waals surface area contributed by atoms with E-state index in [-0.39, 0.29) is 6.10 Å². The van der Waals surface area contributed by atoms with Crippen LogP contribution in [0, 0.1) is 12.8 Å². The molecular formula is C15H21ClO2. The van der Waals surface area contributed by atoms with Crippen LogP contribution in [0.2, 0.25) is 5.02 Å². The average Bonchev–Trinajstić information content (AvgIpc) is 2.83. The number of hydrogen-bond donors (Lipinski definition) is 1. The summed E-state index contributed by atoms with van der Waals surface area (Å²) in [6.45, 7) is 2.32. The van der Waals surface area contributed by atoms with Crippen LogP contribution in [-0.4, -0.2) is 17.8 Å². The zero-order chi connectivity index (χ0) is 13.0. The van der Waals surface area contributed by atoms with Crippen LogP contribution in [0.4, 0.5) is 0 Å². The highest BCUT2D eigenvalue weighted by molar-refractivity contribution is 6.31. The fourth-order valence-corrected chi connectivity index (χ4v) is 2.72. The van der Waals surface area contributed by atoms with Gasteiger partial charge < -0.3 is 9.84 Å². The fourth-order valence-electron chi connectivity index (χ4n) is 2.60. The molecule has 1 aliphatic rings. The van der Waals surface area contributed by atoms with Gasteiger partial charge in [-0.15, -0.1) is 0 Å². The summed E-state index contributed by atoms with van der Waals surface area (Å²) < 4.78 is 5.61. The van der Waals surface area contributed by atoms with E-state index in [2.05, 4.69) is 0 Å². The SMILES string of the molecule is Cc1cc(OCC(O)CC2CCCC2)ccc1Cl. The third-order valence-electron chi connectivity index (χ3n) is 3.65. The highest BCUT2D eigenvalue weighted by atomic mass is 35.5. The molecule has 0 spiro atoms. The molecule has 1 unspecified atom stereocenters. The Morgan fingerprint density at radius 1 is 1.39 bits per heavy atom. The highest BCUT2D eigenvalue weighted by Gasteiger charge is 2.19. The maximum absolute atomic E-state index is 9.94. The first-order chi connectivity index (χ1) is 8.65. The zero-order valence-electron chi connectivity index (χ0n) is 10.9. The van der Waals surface area contributed by atoms with Gasteiger partial charge in [0.25, 0.3) is 0 Å². The van der Waals surface area contributed by atoms with Gasteiger partial charge in [0.1, 0.15) is 12.4 Å². The number of rotatable bonds is 5. The molecule has 1 aromatic rings. The molecule has 1 fully saturated rings. The standard InChI is InChI=1S/C15H21ClO2/c1-11-8-14(6-7-15(11)16)18-10-13(17)9-12-4-2-3-5-12/h6-8,12-13,17H,2-5,9-10H2,1H3. The summed E-state index contributed by atoms with van der Waals surface area (Å²) in [6.07, 6.45) is 5.66. The second-order valence-electron chi connectivity index (χ2n) is 5.26. The van der Waals surface area contributed by atoms with Gasteiger partial charge in [0.2, 0.25) is 0 Å². The largest absolute Gasteiger partial charge is 0.491 e. The van der Waals surface area contributed by atoms with Gasteiger partial charge >= 0.3 is 0 Å². The molecule has 3 heteroatoms. The molecule has 18 heavy (non-hydrogen) atoms. The van der Waals surface area contributed by atoms with E-state index in [1.165, 1.54) is 25.7 Å². The number of benzene rings is 1. The van der Waals surface area contributed by atoms with Crippen LogP contribution in [0.25, 0.3) is 0 Å². The minimum Gasteiger partial charge on any atom is -0.491 e. The van der Waals surface area contributed by atoms with Crippen molar-refractivity contribution in [2.45, 2.75) is 45.1 Å². The molecule has 2 nitrogen and oxygen atoms in total. The van der Waals surface area contributed by atoms with E-state index < -0.39 is 0 Å². The third kappa shape index (κ3) is 3.89. The molecule has 0 aromatic heterocycles. The van der Waals surface area contributed by atoms with E-state index in [0.29, 0.717) is 12.5 Å². The average molecular weight is 269 g/mol. The van der Waals surface area contributed by atoms with Crippen LogP contribution < -0.4 is 4.74 Å². The lowest BCUT2D eigenvalue weighted by Crippen LogP contribution is -2.20. The molecule has 0 heterocycles. The Morgan fingerprint density at radius 3 is 2.78 bits per heavy atom. The van der Waals surface area contributed by atoms with Crippen molar-refractivity contribution in [1.82, 2.24) is 0 Å². The number of halogens is 1. The van der Waals surface area contributed by atoms with E-state index in [9.17, 15) is 5.11 Å². The molecule has 1 atom stereocenters. The second kappa shape index (κ2) is 6.44.